The van der Waals surface area contributed by atoms with Crippen molar-refractivity contribution in [3.8, 4) is 6.07 Å². The van der Waals surface area contributed by atoms with Crippen molar-refractivity contribution < 1.29 is 17.6 Å². The molecule has 0 aliphatic rings. The number of nitriles is 1. The van der Waals surface area contributed by atoms with Gasteiger partial charge in [-0.05, 0) is 30.5 Å². The third-order valence-corrected chi connectivity index (χ3v) is 3.86. The number of carbonyl (C=O) groups excluding carboxylic acids is 1. The molecule has 6 nitrogen and oxygen atoms in total. The van der Waals surface area contributed by atoms with Gasteiger partial charge in [-0.25, -0.2) is 12.8 Å². The summed E-state index contributed by atoms with van der Waals surface area (Å²) in [5.41, 5.74) is -0.100. The van der Waals surface area contributed by atoms with E-state index in [0.29, 0.717) is 12.5 Å². The molecule has 8 heteroatoms. The molecule has 0 bridgehead atoms. The number of amides is 1. The minimum atomic E-state index is -3.66. The number of benzene rings is 1. The number of rotatable bonds is 8. The fraction of sp³-hybridized carbons (Fsp3) is 0.500. The largest absolute Gasteiger partial charge is 0.338 e. The predicted molar refractivity (Wildman–Crippen MR) is 90.5 cm³/mol. The maximum atomic E-state index is 13.7. The van der Waals surface area contributed by atoms with Crippen LogP contribution >= 0.6 is 0 Å². The van der Waals surface area contributed by atoms with Gasteiger partial charge in [0, 0.05) is 18.7 Å². The Hall–Kier alpha value is -2.14. The summed E-state index contributed by atoms with van der Waals surface area (Å²) in [6.45, 7) is 4.80. The summed E-state index contributed by atoms with van der Waals surface area (Å²) in [6.07, 6.45) is 1.87. The molecule has 0 unspecified atom stereocenters. The fourth-order valence-electron chi connectivity index (χ4n) is 2.03. The zero-order valence-electron chi connectivity index (χ0n) is 14.0. The molecule has 1 aromatic carbocycles. The van der Waals surface area contributed by atoms with Gasteiger partial charge in [0.2, 0.25) is 10.0 Å². The van der Waals surface area contributed by atoms with Gasteiger partial charge in [-0.3, -0.25) is 9.52 Å². The average Bonchev–Trinajstić information content (AvgIpc) is 2.47. The number of halogens is 1. The summed E-state index contributed by atoms with van der Waals surface area (Å²) in [4.78, 5) is 14.1. The van der Waals surface area contributed by atoms with Crippen LogP contribution < -0.4 is 4.72 Å². The molecule has 0 saturated carbocycles. The van der Waals surface area contributed by atoms with Gasteiger partial charge in [0.05, 0.1) is 24.4 Å². The minimum Gasteiger partial charge on any atom is -0.338 e. The smallest absolute Gasteiger partial charge is 0.253 e. The summed E-state index contributed by atoms with van der Waals surface area (Å²) in [5, 5.41) is 8.74. The molecular formula is C16H22FN3O3S. The third-order valence-electron chi connectivity index (χ3n) is 3.27. The Labute approximate surface area is 142 Å². The van der Waals surface area contributed by atoms with Crippen molar-refractivity contribution in [1.29, 1.82) is 5.26 Å². The quantitative estimate of drug-likeness (QED) is 0.776. The Bertz CT molecular complexity index is 727. The molecule has 1 aromatic rings. The lowest BCUT2D eigenvalue weighted by molar-refractivity contribution is 0.0752. The van der Waals surface area contributed by atoms with E-state index in [1.54, 1.807) is 0 Å². The molecular weight excluding hydrogens is 333 g/mol. The lowest BCUT2D eigenvalue weighted by atomic mass is 10.1. The molecule has 1 rings (SSSR count). The highest BCUT2D eigenvalue weighted by molar-refractivity contribution is 7.92. The Morgan fingerprint density at radius 3 is 2.58 bits per heavy atom. The van der Waals surface area contributed by atoms with E-state index in [2.05, 4.69) is 4.72 Å². The van der Waals surface area contributed by atoms with Crippen LogP contribution in [0.1, 0.15) is 37.0 Å². The van der Waals surface area contributed by atoms with E-state index in [1.165, 1.54) is 17.0 Å². The molecule has 0 heterocycles. The summed E-state index contributed by atoms with van der Waals surface area (Å²) in [7, 11) is -3.66. The first kappa shape index (κ1) is 19.9. The molecule has 1 amide bonds. The van der Waals surface area contributed by atoms with Gasteiger partial charge < -0.3 is 4.90 Å². The zero-order valence-corrected chi connectivity index (χ0v) is 14.9. The molecule has 0 aliphatic heterocycles. The second kappa shape index (κ2) is 8.64. The molecule has 0 saturated heterocycles. The Balaban J connectivity index is 3.04. The van der Waals surface area contributed by atoms with Gasteiger partial charge in [-0.2, -0.15) is 5.26 Å². The zero-order chi connectivity index (χ0) is 18.3. The van der Waals surface area contributed by atoms with E-state index in [4.69, 9.17) is 5.26 Å². The average molecular weight is 355 g/mol. The van der Waals surface area contributed by atoms with Crippen molar-refractivity contribution in [1.82, 2.24) is 4.90 Å². The Morgan fingerprint density at radius 1 is 1.38 bits per heavy atom. The van der Waals surface area contributed by atoms with Gasteiger partial charge >= 0.3 is 0 Å². The SMILES string of the molecule is CC(C)CCN(CCC#N)C(=O)c1ccc(F)c(NS(C)(=O)=O)c1. The highest BCUT2D eigenvalue weighted by Crippen LogP contribution is 2.19. The topological polar surface area (TPSA) is 90.3 Å². The number of nitrogens with zero attached hydrogens (tertiary/aromatic N) is 2. The normalized spacial score (nSPS) is 11.2. The molecule has 24 heavy (non-hydrogen) atoms. The summed E-state index contributed by atoms with van der Waals surface area (Å²) in [6, 6.07) is 5.52. The van der Waals surface area contributed by atoms with Crippen LogP contribution in [0.2, 0.25) is 0 Å². The van der Waals surface area contributed by atoms with E-state index >= 15 is 0 Å². The van der Waals surface area contributed by atoms with E-state index in [-0.39, 0.29) is 30.1 Å². The van der Waals surface area contributed by atoms with Crippen LogP contribution in [0.5, 0.6) is 0 Å². The third kappa shape index (κ3) is 6.54. The number of anilines is 1. The summed E-state index contributed by atoms with van der Waals surface area (Å²) >= 11 is 0. The van der Waals surface area contributed by atoms with Gasteiger partial charge in [-0.15, -0.1) is 0 Å². The lowest BCUT2D eigenvalue weighted by Crippen LogP contribution is -2.33. The Morgan fingerprint density at radius 2 is 2.04 bits per heavy atom. The molecule has 0 aliphatic carbocycles. The van der Waals surface area contributed by atoms with Crippen molar-refractivity contribution in [2.75, 3.05) is 24.1 Å². The van der Waals surface area contributed by atoms with E-state index in [9.17, 15) is 17.6 Å². The van der Waals surface area contributed by atoms with Crippen LogP contribution in [0.25, 0.3) is 0 Å². The van der Waals surface area contributed by atoms with Crippen LogP contribution in [0, 0.1) is 23.1 Å². The van der Waals surface area contributed by atoms with Crippen LogP contribution in [0.4, 0.5) is 10.1 Å². The molecule has 0 spiro atoms. The van der Waals surface area contributed by atoms with Gasteiger partial charge in [0.1, 0.15) is 5.82 Å². The van der Waals surface area contributed by atoms with E-state index in [1.807, 2.05) is 19.9 Å². The number of hydrogen-bond donors (Lipinski definition) is 1. The fourth-order valence-corrected chi connectivity index (χ4v) is 2.59. The van der Waals surface area contributed by atoms with Crippen molar-refractivity contribution in [2.45, 2.75) is 26.7 Å². The molecule has 0 aromatic heterocycles. The number of nitrogens with one attached hydrogen (secondary N) is 1. The van der Waals surface area contributed by atoms with E-state index < -0.39 is 15.8 Å². The lowest BCUT2D eigenvalue weighted by Gasteiger charge is -2.23. The molecule has 132 valence electrons. The van der Waals surface area contributed by atoms with Gasteiger partial charge in [-0.1, -0.05) is 13.8 Å². The predicted octanol–water partition coefficient (Wildman–Crippen LogP) is 2.60. The van der Waals surface area contributed by atoms with E-state index in [0.717, 1.165) is 18.7 Å². The maximum absolute atomic E-state index is 13.7. The van der Waals surface area contributed by atoms with Crippen molar-refractivity contribution in [3.05, 3.63) is 29.6 Å². The summed E-state index contributed by atoms with van der Waals surface area (Å²) < 4.78 is 38.3. The van der Waals surface area contributed by atoms with Crippen molar-refractivity contribution in [3.63, 3.8) is 0 Å². The van der Waals surface area contributed by atoms with Crippen molar-refractivity contribution in [2.24, 2.45) is 5.92 Å². The van der Waals surface area contributed by atoms with Crippen LogP contribution in [-0.4, -0.2) is 38.6 Å². The van der Waals surface area contributed by atoms with Crippen LogP contribution in [0.3, 0.4) is 0 Å². The van der Waals surface area contributed by atoms with Gasteiger partial charge in [0.15, 0.2) is 0 Å². The van der Waals surface area contributed by atoms with Crippen LogP contribution in [0.15, 0.2) is 18.2 Å². The first-order valence-corrected chi connectivity index (χ1v) is 9.46. The number of hydrogen-bond acceptors (Lipinski definition) is 4. The van der Waals surface area contributed by atoms with Crippen LogP contribution in [-0.2, 0) is 10.0 Å². The van der Waals surface area contributed by atoms with Crippen molar-refractivity contribution >= 4 is 21.6 Å². The minimum absolute atomic E-state index is 0.171. The molecule has 0 radical (unpaired) electrons. The number of carbonyl (C=O) groups is 1. The monoisotopic (exact) mass is 355 g/mol. The Kier molecular flexibility index (Phi) is 7.17. The highest BCUT2D eigenvalue weighted by Gasteiger charge is 2.18. The maximum Gasteiger partial charge on any atom is 0.253 e. The highest BCUT2D eigenvalue weighted by atomic mass is 32.2. The van der Waals surface area contributed by atoms with Gasteiger partial charge in [0.25, 0.3) is 5.91 Å². The second-order valence-corrected chi connectivity index (χ2v) is 7.70. The first-order chi connectivity index (χ1) is 11.1. The second-order valence-electron chi connectivity index (χ2n) is 5.95. The molecule has 0 atom stereocenters. The molecule has 0 fully saturated rings. The first-order valence-electron chi connectivity index (χ1n) is 7.57. The number of sulfonamides is 1. The standard InChI is InChI=1S/C16H22FN3O3S/c1-12(2)7-10-20(9-4-8-18)16(21)13-5-6-14(17)15(11-13)19-24(3,22)23/h5-6,11-12,19H,4,7,9-10H2,1-3H3. The molecule has 1 N–H and O–H groups in total. The summed E-state index contributed by atoms with van der Waals surface area (Å²) in [5.74, 6) is -0.733.